The highest BCUT2D eigenvalue weighted by Crippen LogP contribution is 2.30. The van der Waals surface area contributed by atoms with Gasteiger partial charge in [-0.1, -0.05) is 37.3 Å². The minimum Gasteiger partial charge on any atom is -0.361 e. The fourth-order valence-corrected chi connectivity index (χ4v) is 5.61. The Bertz CT molecular complexity index is 1010. The predicted octanol–water partition coefficient (Wildman–Crippen LogP) is 4.13. The molecule has 0 aliphatic carbocycles. The van der Waals surface area contributed by atoms with Crippen LogP contribution in [0.2, 0.25) is 0 Å². The van der Waals surface area contributed by atoms with Crippen LogP contribution < -0.4 is 0 Å². The number of H-pyrrole nitrogens is 1. The molecule has 2 heterocycles. The van der Waals surface area contributed by atoms with Gasteiger partial charge >= 0.3 is 0 Å². The molecule has 4 rings (SSSR count). The number of aromatic amines is 1. The topological polar surface area (TPSA) is 53.2 Å². The zero-order chi connectivity index (χ0) is 18.1. The van der Waals surface area contributed by atoms with Crippen LogP contribution in [0.5, 0.6) is 0 Å². The molecule has 1 fully saturated rings. The summed E-state index contributed by atoms with van der Waals surface area (Å²) < 4.78 is 28.0. The number of aryl methyl sites for hydroxylation is 1. The van der Waals surface area contributed by atoms with Crippen LogP contribution in [0.1, 0.15) is 30.9 Å². The van der Waals surface area contributed by atoms with Gasteiger partial charge in [-0.2, -0.15) is 4.31 Å². The number of aromatic nitrogens is 1. The lowest BCUT2D eigenvalue weighted by atomic mass is 10.0. The number of para-hydroxylation sites is 1. The van der Waals surface area contributed by atoms with Gasteiger partial charge in [-0.15, -0.1) is 0 Å². The van der Waals surface area contributed by atoms with Crippen molar-refractivity contribution in [3.8, 4) is 0 Å². The van der Waals surface area contributed by atoms with E-state index >= 15 is 0 Å². The maximum Gasteiger partial charge on any atom is 0.243 e. The predicted molar refractivity (Wildman–Crippen MR) is 105 cm³/mol. The second-order valence-corrected chi connectivity index (χ2v) is 8.86. The van der Waals surface area contributed by atoms with E-state index in [0.29, 0.717) is 11.4 Å². The maximum absolute atomic E-state index is 13.2. The summed E-state index contributed by atoms with van der Waals surface area (Å²) in [6.45, 7) is 2.67. The monoisotopic (exact) mass is 368 g/mol. The highest BCUT2D eigenvalue weighted by molar-refractivity contribution is 7.89. The van der Waals surface area contributed by atoms with Crippen molar-refractivity contribution in [2.45, 2.75) is 43.5 Å². The minimum atomic E-state index is -3.45. The summed E-state index contributed by atoms with van der Waals surface area (Å²) in [5, 5.41) is 1.18. The van der Waals surface area contributed by atoms with Gasteiger partial charge in [0.1, 0.15) is 0 Å². The van der Waals surface area contributed by atoms with E-state index in [1.807, 2.05) is 30.5 Å². The lowest BCUT2D eigenvalue weighted by Crippen LogP contribution is -2.36. The Morgan fingerprint density at radius 1 is 1.12 bits per heavy atom. The van der Waals surface area contributed by atoms with E-state index in [1.165, 1.54) is 10.9 Å². The van der Waals surface area contributed by atoms with Crippen molar-refractivity contribution in [2.24, 2.45) is 0 Å². The lowest BCUT2D eigenvalue weighted by molar-refractivity contribution is 0.386. The smallest absolute Gasteiger partial charge is 0.243 e. The molecular formula is C21H24N2O2S. The van der Waals surface area contributed by atoms with E-state index in [2.05, 4.69) is 24.0 Å². The first-order chi connectivity index (χ1) is 12.6. The quantitative estimate of drug-likeness (QED) is 0.736. The van der Waals surface area contributed by atoms with Crippen LogP contribution in [0.25, 0.3) is 10.9 Å². The molecule has 0 amide bonds. The van der Waals surface area contributed by atoms with Gasteiger partial charge in [0.15, 0.2) is 0 Å². The van der Waals surface area contributed by atoms with Gasteiger partial charge in [0.2, 0.25) is 10.0 Å². The van der Waals surface area contributed by atoms with Gasteiger partial charge in [-0.3, -0.25) is 0 Å². The summed E-state index contributed by atoms with van der Waals surface area (Å²) in [4.78, 5) is 3.70. The Balaban J connectivity index is 1.61. The molecule has 1 aromatic heterocycles. The Kier molecular flexibility index (Phi) is 4.59. The van der Waals surface area contributed by atoms with Crippen molar-refractivity contribution >= 4 is 20.9 Å². The molecule has 0 spiro atoms. The molecule has 0 radical (unpaired) electrons. The van der Waals surface area contributed by atoms with E-state index in [9.17, 15) is 8.42 Å². The third kappa shape index (κ3) is 3.06. The SMILES string of the molecule is CCc1ccc(S(=O)(=O)N2CCCC2Cc2c[nH]c3ccccc23)cc1. The highest BCUT2D eigenvalue weighted by Gasteiger charge is 2.35. The number of fused-ring (bicyclic) bond motifs is 1. The summed E-state index contributed by atoms with van der Waals surface area (Å²) in [7, 11) is -3.45. The van der Waals surface area contributed by atoms with Crippen LogP contribution in [0.15, 0.2) is 59.6 Å². The van der Waals surface area contributed by atoms with E-state index in [-0.39, 0.29) is 6.04 Å². The summed E-state index contributed by atoms with van der Waals surface area (Å²) in [5.41, 5.74) is 3.44. The maximum atomic E-state index is 13.2. The molecule has 4 nitrogen and oxygen atoms in total. The largest absolute Gasteiger partial charge is 0.361 e. The summed E-state index contributed by atoms with van der Waals surface area (Å²) in [6, 6.07) is 15.5. The average molecular weight is 369 g/mol. The van der Waals surface area contributed by atoms with Crippen LogP contribution in [0, 0.1) is 0 Å². The van der Waals surface area contributed by atoms with Crippen molar-refractivity contribution in [3.63, 3.8) is 0 Å². The van der Waals surface area contributed by atoms with Crippen molar-refractivity contribution in [1.29, 1.82) is 0 Å². The van der Waals surface area contributed by atoms with E-state index in [4.69, 9.17) is 0 Å². The molecule has 136 valence electrons. The third-order valence-corrected chi connectivity index (χ3v) is 7.36. The van der Waals surface area contributed by atoms with E-state index in [0.717, 1.165) is 36.8 Å². The Morgan fingerprint density at radius 2 is 1.88 bits per heavy atom. The molecule has 0 saturated carbocycles. The molecule has 3 aromatic rings. The average Bonchev–Trinajstić information content (AvgIpc) is 3.30. The fourth-order valence-electron chi connectivity index (χ4n) is 3.92. The molecule has 1 atom stereocenters. The van der Waals surface area contributed by atoms with Gasteiger partial charge in [-0.05, 0) is 55.0 Å². The normalized spacial score (nSPS) is 18.6. The molecule has 1 N–H and O–H groups in total. The summed E-state index contributed by atoms with van der Waals surface area (Å²) >= 11 is 0. The molecule has 5 heteroatoms. The number of nitrogens with zero attached hydrogens (tertiary/aromatic N) is 1. The first-order valence-corrected chi connectivity index (χ1v) is 10.7. The van der Waals surface area contributed by atoms with Crippen molar-refractivity contribution in [1.82, 2.24) is 9.29 Å². The van der Waals surface area contributed by atoms with Gasteiger partial charge in [0.25, 0.3) is 0 Å². The lowest BCUT2D eigenvalue weighted by Gasteiger charge is -2.24. The molecule has 1 aliphatic rings. The Morgan fingerprint density at radius 3 is 2.65 bits per heavy atom. The van der Waals surface area contributed by atoms with Crippen LogP contribution in [0.3, 0.4) is 0 Å². The van der Waals surface area contributed by atoms with Crippen LogP contribution in [0.4, 0.5) is 0 Å². The van der Waals surface area contributed by atoms with Gasteiger partial charge in [0, 0.05) is 29.7 Å². The fraction of sp³-hybridized carbons (Fsp3) is 0.333. The van der Waals surface area contributed by atoms with E-state index in [1.54, 1.807) is 16.4 Å². The van der Waals surface area contributed by atoms with Crippen LogP contribution >= 0.6 is 0 Å². The second kappa shape index (κ2) is 6.89. The first kappa shape index (κ1) is 17.3. The molecular weight excluding hydrogens is 344 g/mol. The Hall–Kier alpha value is -2.11. The number of sulfonamides is 1. The molecule has 1 aliphatic heterocycles. The second-order valence-electron chi connectivity index (χ2n) is 6.97. The molecule has 1 saturated heterocycles. The van der Waals surface area contributed by atoms with Crippen LogP contribution in [-0.4, -0.2) is 30.3 Å². The van der Waals surface area contributed by atoms with Gasteiger partial charge in [0.05, 0.1) is 4.90 Å². The molecule has 2 aromatic carbocycles. The van der Waals surface area contributed by atoms with Crippen molar-refractivity contribution in [3.05, 3.63) is 65.9 Å². The van der Waals surface area contributed by atoms with Crippen LogP contribution in [-0.2, 0) is 22.9 Å². The van der Waals surface area contributed by atoms with Crippen molar-refractivity contribution < 1.29 is 8.42 Å². The molecule has 26 heavy (non-hydrogen) atoms. The van der Waals surface area contributed by atoms with Crippen molar-refractivity contribution in [2.75, 3.05) is 6.54 Å². The number of rotatable bonds is 5. The number of benzene rings is 2. The number of nitrogens with one attached hydrogen (secondary N) is 1. The third-order valence-electron chi connectivity index (χ3n) is 5.39. The Labute approximate surface area is 154 Å². The van der Waals surface area contributed by atoms with Gasteiger partial charge < -0.3 is 4.98 Å². The molecule has 1 unspecified atom stereocenters. The van der Waals surface area contributed by atoms with Gasteiger partial charge in [-0.25, -0.2) is 8.42 Å². The summed E-state index contributed by atoms with van der Waals surface area (Å²) in [6.07, 6.45) is 5.50. The van der Waals surface area contributed by atoms with E-state index < -0.39 is 10.0 Å². The summed E-state index contributed by atoms with van der Waals surface area (Å²) in [5.74, 6) is 0. The highest BCUT2D eigenvalue weighted by atomic mass is 32.2. The molecule has 0 bridgehead atoms. The zero-order valence-corrected chi connectivity index (χ0v) is 15.8. The number of hydrogen-bond acceptors (Lipinski definition) is 2. The first-order valence-electron chi connectivity index (χ1n) is 9.25. The minimum absolute atomic E-state index is 0.0186. The number of hydrogen-bond donors (Lipinski definition) is 1. The standard InChI is InChI=1S/C21H24N2O2S/c1-2-16-9-11-19(12-10-16)26(24,25)23-13-5-6-18(23)14-17-15-22-21-8-4-3-7-20(17)21/h3-4,7-12,15,18,22H,2,5-6,13-14H2,1H3. The zero-order valence-electron chi connectivity index (χ0n) is 15.0.